The largest absolute Gasteiger partial charge is 0.480 e. The Bertz CT molecular complexity index is 500. The fraction of sp³-hybridized carbons (Fsp3) is 0.529. The van der Waals surface area contributed by atoms with Crippen LogP contribution in [0.15, 0.2) is 30.3 Å². The molecule has 1 aromatic carbocycles. The number of carboxylic acid groups (broad SMARTS) is 1. The molecule has 114 valence electrons. The van der Waals surface area contributed by atoms with Gasteiger partial charge in [0.05, 0.1) is 0 Å². The first-order valence-electron chi connectivity index (χ1n) is 7.60. The lowest BCUT2D eigenvalue weighted by molar-refractivity contribution is -0.143. The number of carbonyl (C=O) groups excluding carboxylic acids is 1. The minimum Gasteiger partial charge on any atom is -0.480 e. The molecule has 0 unspecified atom stereocenters. The zero-order chi connectivity index (χ0) is 15.4. The van der Waals surface area contributed by atoms with E-state index in [0.29, 0.717) is 18.3 Å². The summed E-state index contributed by atoms with van der Waals surface area (Å²) in [5, 5.41) is 11.9. The molecule has 0 bridgehead atoms. The number of nitrogens with one attached hydrogen (secondary N) is 1. The third kappa shape index (κ3) is 4.06. The number of carboxylic acids is 1. The van der Waals surface area contributed by atoms with E-state index in [1.807, 2.05) is 32.0 Å². The lowest BCUT2D eigenvalue weighted by Gasteiger charge is -2.20. The molecule has 1 fully saturated rings. The van der Waals surface area contributed by atoms with Crippen molar-refractivity contribution in [2.75, 3.05) is 0 Å². The van der Waals surface area contributed by atoms with Crippen molar-refractivity contribution in [2.24, 2.45) is 11.8 Å². The predicted octanol–water partition coefficient (Wildman–Crippen LogP) is 2.80. The van der Waals surface area contributed by atoms with Crippen LogP contribution in [0.3, 0.4) is 0 Å². The Kier molecular flexibility index (Phi) is 4.99. The van der Waals surface area contributed by atoms with E-state index >= 15 is 0 Å². The molecular weight excluding hydrogens is 266 g/mol. The number of carbonyl (C=O) groups is 2. The number of hydrogen-bond acceptors (Lipinski definition) is 2. The van der Waals surface area contributed by atoms with Crippen LogP contribution in [0.1, 0.15) is 44.6 Å². The number of benzene rings is 1. The van der Waals surface area contributed by atoms with Crippen LogP contribution >= 0.6 is 0 Å². The smallest absolute Gasteiger partial charge is 0.326 e. The highest BCUT2D eigenvalue weighted by atomic mass is 16.4. The molecule has 1 aliphatic carbocycles. The van der Waals surface area contributed by atoms with Gasteiger partial charge in [0.2, 0.25) is 5.91 Å². The summed E-state index contributed by atoms with van der Waals surface area (Å²) < 4.78 is 0. The van der Waals surface area contributed by atoms with Gasteiger partial charge in [-0.25, -0.2) is 4.79 Å². The summed E-state index contributed by atoms with van der Waals surface area (Å²) in [7, 11) is 0. The zero-order valence-corrected chi connectivity index (χ0v) is 12.6. The van der Waals surface area contributed by atoms with Crippen LogP contribution in [0.5, 0.6) is 0 Å². The highest BCUT2D eigenvalue weighted by Crippen LogP contribution is 2.49. The van der Waals surface area contributed by atoms with E-state index in [9.17, 15) is 14.7 Å². The van der Waals surface area contributed by atoms with Crippen molar-refractivity contribution in [3.8, 4) is 0 Å². The maximum absolute atomic E-state index is 12.0. The Morgan fingerprint density at radius 2 is 2.00 bits per heavy atom. The second kappa shape index (κ2) is 6.74. The summed E-state index contributed by atoms with van der Waals surface area (Å²) in [6.45, 7) is 3.78. The summed E-state index contributed by atoms with van der Waals surface area (Å²) in [4.78, 5) is 23.2. The molecule has 1 aliphatic rings. The van der Waals surface area contributed by atoms with Gasteiger partial charge in [0.15, 0.2) is 0 Å². The van der Waals surface area contributed by atoms with Crippen molar-refractivity contribution in [3.63, 3.8) is 0 Å². The van der Waals surface area contributed by atoms with Crippen LogP contribution in [0.4, 0.5) is 0 Å². The van der Waals surface area contributed by atoms with Gasteiger partial charge in [0, 0.05) is 6.42 Å². The SMILES string of the molecule is CC[C@H](C)[C@H](NC(=O)C[C@@H]1C[C@H]1c1ccccc1)C(=O)O. The highest BCUT2D eigenvalue weighted by Gasteiger charge is 2.40. The van der Waals surface area contributed by atoms with Crippen molar-refractivity contribution >= 4 is 11.9 Å². The number of aliphatic carboxylic acids is 1. The molecule has 0 saturated heterocycles. The molecule has 21 heavy (non-hydrogen) atoms. The van der Waals surface area contributed by atoms with Crippen LogP contribution < -0.4 is 5.32 Å². The van der Waals surface area contributed by atoms with Crippen LogP contribution in [0, 0.1) is 11.8 Å². The average molecular weight is 289 g/mol. The second-order valence-electron chi connectivity index (χ2n) is 5.99. The Balaban J connectivity index is 1.84. The van der Waals surface area contributed by atoms with Crippen molar-refractivity contribution < 1.29 is 14.7 Å². The van der Waals surface area contributed by atoms with Gasteiger partial charge in [-0.1, -0.05) is 50.6 Å². The summed E-state index contributed by atoms with van der Waals surface area (Å²) in [6, 6.07) is 9.39. The summed E-state index contributed by atoms with van der Waals surface area (Å²) >= 11 is 0. The molecule has 0 heterocycles. The molecule has 0 spiro atoms. The zero-order valence-electron chi connectivity index (χ0n) is 12.6. The van der Waals surface area contributed by atoms with Gasteiger partial charge in [-0.2, -0.15) is 0 Å². The summed E-state index contributed by atoms with van der Waals surface area (Å²) in [6.07, 6.45) is 2.16. The van der Waals surface area contributed by atoms with Gasteiger partial charge < -0.3 is 10.4 Å². The summed E-state index contributed by atoms with van der Waals surface area (Å²) in [5.74, 6) is -0.364. The van der Waals surface area contributed by atoms with Gasteiger partial charge in [-0.15, -0.1) is 0 Å². The number of hydrogen-bond donors (Lipinski definition) is 2. The lowest BCUT2D eigenvalue weighted by Crippen LogP contribution is -2.45. The maximum atomic E-state index is 12.0. The molecule has 0 aromatic heterocycles. The normalized spacial score (nSPS) is 23.1. The molecule has 4 atom stereocenters. The van der Waals surface area contributed by atoms with Gasteiger partial charge >= 0.3 is 5.97 Å². The fourth-order valence-corrected chi connectivity index (χ4v) is 2.74. The molecule has 1 aromatic rings. The standard InChI is InChI=1S/C17H23NO3/c1-3-11(2)16(17(20)21)18-15(19)10-13-9-14(13)12-7-5-4-6-8-12/h4-8,11,13-14,16H,3,9-10H2,1-2H3,(H,18,19)(H,20,21)/t11-,13-,14-,16-/m0/s1. The third-order valence-corrected chi connectivity index (χ3v) is 4.39. The first-order valence-corrected chi connectivity index (χ1v) is 7.60. The Hall–Kier alpha value is -1.84. The fourth-order valence-electron chi connectivity index (χ4n) is 2.74. The minimum absolute atomic E-state index is 0.0597. The molecule has 4 heteroatoms. The molecule has 4 nitrogen and oxygen atoms in total. The Morgan fingerprint density at radius 1 is 1.33 bits per heavy atom. The van der Waals surface area contributed by atoms with Gasteiger partial charge in [-0.3, -0.25) is 4.79 Å². The van der Waals surface area contributed by atoms with E-state index < -0.39 is 12.0 Å². The van der Waals surface area contributed by atoms with Crippen molar-refractivity contribution in [1.82, 2.24) is 5.32 Å². The first-order chi connectivity index (χ1) is 10.0. The lowest BCUT2D eigenvalue weighted by atomic mass is 9.99. The van der Waals surface area contributed by atoms with Crippen LogP contribution in [0.2, 0.25) is 0 Å². The van der Waals surface area contributed by atoms with Crippen molar-refractivity contribution in [2.45, 2.75) is 45.1 Å². The molecule has 0 radical (unpaired) electrons. The number of rotatable bonds is 7. The third-order valence-electron chi connectivity index (χ3n) is 4.39. The maximum Gasteiger partial charge on any atom is 0.326 e. The monoisotopic (exact) mass is 289 g/mol. The quantitative estimate of drug-likeness (QED) is 0.811. The van der Waals surface area contributed by atoms with Crippen LogP contribution in [-0.4, -0.2) is 23.0 Å². The van der Waals surface area contributed by atoms with E-state index in [1.165, 1.54) is 5.56 Å². The second-order valence-corrected chi connectivity index (χ2v) is 5.99. The molecule has 2 rings (SSSR count). The Morgan fingerprint density at radius 3 is 2.57 bits per heavy atom. The molecule has 1 saturated carbocycles. The van der Waals surface area contributed by atoms with E-state index in [-0.39, 0.29) is 11.8 Å². The van der Waals surface area contributed by atoms with Gasteiger partial charge in [0.1, 0.15) is 6.04 Å². The highest BCUT2D eigenvalue weighted by molar-refractivity contribution is 5.84. The topological polar surface area (TPSA) is 66.4 Å². The van der Waals surface area contributed by atoms with E-state index in [4.69, 9.17) is 0 Å². The number of amides is 1. The molecular formula is C17H23NO3. The van der Waals surface area contributed by atoms with E-state index in [2.05, 4.69) is 17.4 Å². The van der Waals surface area contributed by atoms with Crippen LogP contribution in [0.25, 0.3) is 0 Å². The van der Waals surface area contributed by atoms with Gasteiger partial charge in [-0.05, 0) is 29.7 Å². The van der Waals surface area contributed by atoms with Crippen molar-refractivity contribution in [1.29, 1.82) is 0 Å². The summed E-state index contributed by atoms with van der Waals surface area (Å²) in [5.41, 5.74) is 1.27. The molecule has 0 aliphatic heterocycles. The minimum atomic E-state index is -0.951. The Labute approximate surface area is 125 Å². The van der Waals surface area contributed by atoms with Crippen molar-refractivity contribution in [3.05, 3.63) is 35.9 Å². The molecule has 1 amide bonds. The van der Waals surface area contributed by atoms with E-state index in [1.54, 1.807) is 0 Å². The van der Waals surface area contributed by atoms with Gasteiger partial charge in [0.25, 0.3) is 0 Å². The van der Waals surface area contributed by atoms with E-state index in [0.717, 1.165) is 12.8 Å². The average Bonchev–Trinajstić information content (AvgIpc) is 3.23. The predicted molar refractivity (Wildman–Crippen MR) is 80.9 cm³/mol. The first kappa shape index (κ1) is 15.5. The molecule has 2 N–H and O–H groups in total. The van der Waals surface area contributed by atoms with Crippen LogP contribution in [-0.2, 0) is 9.59 Å².